The Labute approximate surface area is 136 Å². The number of para-hydroxylation sites is 1. The van der Waals surface area contributed by atoms with Crippen LogP contribution >= 0.6 is 0 Å². The number of aromatic amines is 1. The summed E-state index contributed by atoms with van der Waals surface area (Å²) in [5, 5.41) is 20.4. The smallest absolute Gasteiger partial charge is 0.327 e. The van der Waals surface area contributed by atoms with Crippen molar-refractivity contribution in [2.75, 3.05) is 5.32 Å². The van der Waals surface area contributed by atoms with E-state index in [1.165, 1.54) is 4.68 Å². The van der Waals surface area contributed by atoms with Crippen molar-refractivity contribution in [2.24, 2.45) is 7.05 Å². The van der Waals surface area contributed by atoms with E-state index in [1.807, 2.05) is 30.3 Å². The number of nitrogens with zero attached hydrogens (tertiary/aromatic N) is 4. The van der Waals surface area contributed by atoms with E-state index in [1.54, 1.807) is 25.6 Å². The number of nitrogens with one attached hydrogen (secondary N) is 2. The van der Waals surface area contributed by atoms with Crippen molar-refractivity contribution in [3.63, 3.8) is 0 Å². The Morgan fingerprint density at radius 3 is 2.54 bits per heavy atom. The van der Waals surface area contributed by atoms with Gasteiger partial charge in [0.1, 0.15) is 11.4 Å². The Balaban J connectivity index is 2.12. The van der Waals surface area contributed by atoms with Gasteiger partial charge in [-0.05, 0) is 26.0 Å². The molecule has 3 rings (SSSR count). The molecular weight excluding hydrogens is 312 g/mol. The molecule has 9 nitrogen and oxygen atoms in total. The number of H-pyrrole nitrogens is 1. The average Bonchev–Trinajstić information content (AvgIpc) is 3.02. The fraction of sp³-hybridized carbons (Fsp3) is 0.200. The minimum Gasteiger partial charge on any atom is -0.327 e. The van der Waals surface area contributed by atoms with Gasteiger partial charge in [0.25, 0.3) is 5.56 Å². The van der Waals surface area contributed by atoms with Crippen LogP contribution in [0, 0.1) is 24.0 Å². The predicted molar refractivity (Wildman–Crippen MR) is 89.0 cm³/mol. The molecule has 2 aromatic heterocycles. The zero-order valence-electron chi connectivity index (χ0n) is 13.4. The minimum absolute atomic E-state index is 0.0171. The van der Waals surface area contributed by atoms with E-state index in [-0.39, 0.29) is 22.8 Å². The molecule has 0 unspecified atom stereocenters. The normalized spacial score (nSPS) is 10.8. The Morgan fingerprint density at radius 2 is 1.92 bits per heavy atom. The molecule has 2 heterocycles. The van der Waals surface area contributed by atoms with Crippen LogP contribution in [0.3, 0.4) is 0 Å². The van der Waals surface area contributed by atoms with Gasteiger partial charge in [-0.1, -0.05) is 18.2 Å². The first-order valence-electron chi connectivity index (χ1n) is 7.22. The van der Waals surface area contributed by atoms with Crippen LogP contribution in [-0.2, 0) is 7.05 Å². The monoisotopic (exact) mass is 328 g/mol. The van der Waals surface area contributed by atoms with E-state index < -0.39 is 4.92 Å². The van der Waals surface area contributed by atoms with Crippen molar-refractivity contribution in [1.29, 1.82) is 0 Å². The average molecular weight is 328 g/mol. The molecule has 0 bridgehead atoms. The molecule has 0 saturated carbocycles. The highest BCUT2D eigenvalue weighted by Crippen LogP contribution is 2.28. The number of aryl methyl sites for hydroxylation is 1. The quantitative estimate of drug-likeness (QED) is 0.563. The number of nitro groups is 1. The van der Waals surface area contributed by atoms with Crippen molar-refractivity contribution in [3.05, 3.63) is 62.2 Å². The van der Waals surface area contributed by atoms with Gasteiger partial charge in [-0.15, -0.1) is 5.10 Å². The number of aromatic nitrogens is 4. The van der Waals surface area contributed by atoms with Gasteiger partial charge in [0.2, 0.25) is 5.82 Å². The molecule has 1 aromatic carbocycles. The fourth-order valence-corrected chi connectivity index (χ4v) is 2.56. The molecule has 0 amide bonds. The van der Waals surface area contributed by atoms with Gasteiger partial charge in [0.05, 0.1) is 16.3 Å². The zero-order valence-corrected chi connectivity index (χ0v) is 13.4. The summed E-state index contributed by atoms with van der Waals surface area (Å²) < 4.78 is 3.17. The molecule has 0 saturated heterocycles. The Morgan fingerprint density at radius 1 is 1.25 bits per heavy atom. The Bertz CT molecular complexity index is 967. The largest absolute Gasteiger partial charge is 0.333 e. The molecule has 9 heteroatoms. The lowest BCUT2D eigenvalue weighted by Crippen LogP contribution is -2.20. The van der Waals surface area contributed by atoms with Crippen LogP contribution in [0.1, 0.15) is 11.4 Å². The molecule has 0 spiro atoms. The minimum atomic E-state index is -0.533. The second-order valence-electron chi connectivity index (χ2n) is 5.36. The summed E-state index contributed by atoms with van der Waals surface area (Å²) in [6, 6.07) is 9.15. The second kappa shape index (κ2) is 5.69. The molecule has 0 atom stereocenters. The maximum absolute atomic E-state index is 12.8. The van der Waals surface area contributed by atoms with E-state index in [0.29, 0.717) is 17.1 Å². The van der Waals surface area contributed by atoms with Crippen molar-refractivity contribution >= 4 is 17.2 Å². The molecule has 0 aliphatic rings. The molecule has 0 aliphatic heterocycles. The summed E-state index contributed by atoms with van der Waals surface area (Å²) in [6.07, 6.45) is 0. The van der Waals surface area contributed by atoms with Gasteiger partial charge in [0.15, 0.2) is 0 Å². The van der Waals surface area contributed by atoms with Crippen LogP contribution < -0.4 is 10.9 Å². The third-order valence-electron chi connectivity index (χ3n) is 3.90. The number of hydrogen-bond acceptors (Lipinski definition) is 5. The van der Waals surface area contributed by atoms with E-state index >= 15 is 0 Å². The fourth-order valence-electron chi connectivity index (χ4n) is 2.56. The molecule has 0 radical (unpaired) electrons. The van der Waals surface area contributed by atoms with Gasteiger partial charge in [-0.3, -0.25) is 24.7 Å². The summed E-state index contributed by atoms with van der Waals surface area (Å²) in [6.45, 7) is 3.31. The van der Waals surface area contributed by atoms with E-state index in [4.69, 9.17) is 0 Å². The summed E-state index contributed by atoms with van der Waals surface area (Å²) in [4.78, 5) is 23.4. The summed E-state index contributed by atoms with van der Waals surface area (Å²) in [7, 11) is 1.75. The highest BCUT2D eigenvalue weighted by Gasteiger charge is 2.25. The van der Waals surface area contributed by atoms with Crippen molar-refractivity contribution in [3.8, 4) is 5.69 Å². The first kappa shape index (κ1) is 15.5. The first-order valence-corrected chi connectivity index (χ1v) is 7.22. The predicted octanol–water partition coefficient (Wildman–Crippen LogP) is 2.17. The standard InChI is InChI=1S/C15H16N6O3/c1-9-13(21(23)24)14(18-17-9)16-12-10(2)19(3)20(15(12)22)11-7-5-4-6-8-11/h4-8H,1-3H3,(H2,16,17,18). The molecular formula is C15H16N6O3. The molecule has 124 valence electrons. The lowest BCUT2D eigenvalue weighted by Gasteiger charge is -2.07. The van der Waals surface area contributed by atoms with E-state index in [9.17, 15) is 14.9 Å². The van der Waals surface area contributed by atoms with Crippen molar-refractivity contribution < 1.29 is 4.92 Å². The molecule has 2 N–H and O–H groups in total. The molecule has 3 aromatic rings. The Hall–Kier alpha value is -3.36. The van der Waals surface area contributed by atoms with Crippen molar-refractivity contribution in [2.45, 2.75) is 13.8 Å². The maximum Gasteiger partial charge on any atom is 0.333 e. The maximum atomic E-state index is 12.8. The zero-order chi connectivity index (χ0) is 17.4. The Kier molecular flexibility index (Phi) is 3.68. The van der Waals surface area contributed by atoms with Crippen LogP contribution in [0.25, 0.3) is 5.69 Å². The van der Waals surface area contributed by atoms with Gasteiger partial charge in [0, 0.05) is 7.05 Å². The third kappa shape index (κ3) is 2.35. The second-order valence-corrected chi connectivity index (χ2v) is 5.36. The summed E-state index contributed by atoms with van der Waals surface area (Å²) >= 11 is 0. The summed E-state index contributed by atoms with van der Waals surface area (Å²) in [5.74, 6) is 0.0171. The van der Waals surface area contributed by atoms with Crippen molar-refractivity contribution in [1.82, 2.24) is 19.6 Å². The first-order chi connectivity index (χ1) is 11.4. The van der Waals surface area contributed by atoms with E-state index in [2.05, 4.69) is 15.5 Å². The lowest BCUT2D eigenvalue weighted by molar-refractivity contribution is -0.384. The number of hydrogen-bond donors (Lipinski definition) is 2. The van der Waals surface area contributed by atoms with Crippen LogP contribution in [-0.4, -0.2) is 24.5 Å². The summed E-state index contributed by atoms with van der Waals surface area (Å²) in [5.41, 5.74) is 1.42. The highest BCUT2D eigenvalue weighted by atomic mass is 16.6. The van der Waals surface area contributed by atoms with Gasteiger partial charge < -0.3 is 5.32 Å². The van der Waals surface area contributed by atoms with Crippen LogP contribution in [0.2, 0.25) is 0 Å². The van der Waals surface area contributed by atoms with E-state index in [0.717, 1.165) is 0 Å². The van der Waals surface area contributed by atoms with Gasteiger partial charge in [-0.2, -0.15) is 0 Å². The highest BCUT2D eigenvalue weighted by molar-refractivity contribution is 5.68. The number of benzene rings is 1. The third-order valence-corrected chi connectivity index (χ3v) is 3.90. The van der Waals surface area contributed by atoms with Crippen LogP contribution in [0.5, 0.6) is 0 Å². The van der Waals surface area contributed by atoms with Gasteiger partial charge >= 0.3 is 5.69 Å². The van der Waals surface area contributed by atoms with Gasteiger partial charge in [-0.25, -0.2) is 4.68 Å². The van der Waals surface area contributed by atoms with Crippen LogP contribution in [0.4, 0.5) is 17.2 Å². The molecule has 0 fully saturated rings. The lowest BCUT2D eigenvalue weighted by atomic mass is 10.3. The molecule has 24 heavy (non-hydrogen) atoms. The van der Waals surface area contributed by atoms with Crippen LogP contribution in [0.15, 0.2) is 35.1 Å². The number of rotatable bonds is 4. The topological polar surface area (TPSA) is 111 Å². The molecule has 0 aliphatic carbocycles. The number of anilines is 2. The SMILES string of the molecule is Cc1[nH]nc(Nc2c(C)n(C)n(-c3ccccc3)c2=O)c1[N+](=O)[O-].